The molecule has 0 unspecified atom stereocenters. The first-order valence-electron chi connectivity index (χ1n) is 15.2. The molecule has 0 spiro atoms. The minimum Gasteiger partial charge on any atom is -0.550 e. The summed E-state index contributed by atoms with van der Waals surface area (Å²) < 4.78 is 26.9. The number of aliphatic carboxylic acids is 1. The Morgan fingerprint density at radius 3 is 2.17 bits per heavy atom. The minimum atomic E-state index is -1.40. The van der Waals surface area contributed by atoms with Crippen LogP contribution in [0.25, 0.3) is 22.3 Å². The van der Waals surface area contributed by atoms with Gasteiger partial charge < -0.3 is 39.5 Å². The summed E-state index contributed by atoms with van der Waals surface area (Å²) in [7, 11) is 3.11. The van der Waals surface area contributed by atoms with Crippen LogP contribution in [-0.2, 0) is 17.8 Å². The van der Waals surface area contributed by atoms with Crippen LogP contribution in [0.15, 0.2) is 72.8 Å². The van der Waals surface area contributed by atoms with Crippen LogP contribution >= 0.6 is 0 Å². The van der Waals surface area contributed by atoms with Crippen LogP contribution in [0.2, 0.25) is 0 Å². The zero-order valence-electron chi connectivity index (χ0n) is 27.5. The second kappa shape index (κ2) is 17.5. The molecule has 3 aromatic carbocycles. The molecule has 4 rings (SSSR count). The van der Waals surface area contributed by atoms with Crippen molar-refractivity contribution in [1.29, 1.82) is 0 Å². The number of halogens is 1. The van der Waals surface area contributed by atoms with Gasteiger partial charge in [0.1, 0.15) is 23.0 Å². The van der Waals surface area contributed by atoms with Gasteiger partial charge in [0.05, 0.1) is 26.4 Å². The number of rotatable bonds is 15. The summed E-state index contributed by atoms with van der Waals surface area (Å²) >= 11 is 0. The zero-order valence-corrected chi connectivity index (χ0v) is 29.5. The predicted octanol–water partition coefficient (Wildman–Crippen LogP) is 1.68. The van der Waals surface area contributed by atoms with Crippen molar-refractivity contribution in [3.05, 3.63) is 95.6 Å². The predicted molar refractivity (Wildman–Crippen MR) is 171 cm³/mol. The number of aromatic nitrogens is 1. The summed E-state index contributed by atoms with van der Waals surface area (Å²) in [4.78, 5) is 25.2. The van der Waals surface area contributed by atoms with E-state index in [-0.39, 0.29) is 67.3 Å². The van der Waals surface area contributed by atoms with Gasteiger partial charge in [-0.05, 0) is 68.5 Å². The molecular formula is C36H40FN2NaO7. The molecule has 11 heteroatoms. The second-order valence-electron chi connectivity index (χ2n) is 11.4. The third kappa shape index (κ3) is 9.46. The molecule has 0 fully saturated rings. The quantitative estimate of drug-likeness (QED) is 0.166. The molecule has 0 aliphatic heterocycles. The Bertz CT molecular complexity index is 1640. The Balaban J connectivity index is 0.00000600. The van der Waals surface area contributed by atoms with Gasteiger partial charge in [-0.15, -0.1) is 0 Å². The summed E-state index contributed by atoms with van der Waals surface area (Å²) in [6.45, 7) is 4.08. The van der Waals surface area contributed by atoms with Crippen molar-refractivity contribution in [2.45, 2.75) is 64.3 Å². The van der Waals surface area contributed by atoms with E-state index in [1.807, 2.05) is 54.8 Å². The van der Waals surface area contributed by atoms with Crippen molar-refractivity contribution in [3.8, 4) is 33.8 Å². The van der Waals surface area contributed by atoms with E-state index in [2.05, 4.69) is 5.32 Å². The van der Waals surface area contributed by atoms with Gasteiger partial charge in [-0.1, -0.05) is 42.5 Å². The van der Waals surface area contributed by atoms with Crippen LogP contribution in [-0.4, -0.2) is 53.1 Å². The van der Waals surface area contributed by atoms with Crippen molar-refractivity contribution in [2.75, 3.05) is 14.2 Å². The fourth-order valence-corrected chi connectivity index (χ4v) is 5.76. The first-order valence-corrected chi connectivity index (χ1v) is 15.2. The molecule has 9 nitrogen and oxygen atoms in total. The van der Waals surface area contributed by atoms with Crippen LogP contribution in [0, 0.1) is 5.82 Å². The number of carboxylic acid groups (broad SMARTS) is 1. The molecule has 0 bridgehead atoms. The van der Waals surface area contributed by atoms with E-state index in [4.69, 9.17) is 9.47 Å². The third-order valence-electron chi connectivity index (χ3n) is 7.83. The smallest absolute Gasteiger partial charge is 0.550 e. The largest absolute Gasteiger partial charge is 1.00 e. The topological polar surface area (TPSA) is 133 Å². The average molecular weight is 655 g/mol. The first kappa shape index (κ1) is 37.8. The van der Waals surface area contributed by atoms with Crippen LogP contribution in [0.1, 0.15) is 60.9 Å². The number of aliphatic hydroxyl groups excluding tert-OH is 2. The Morgan fingerprint density at radius 2 is 1.57 bits per heavy atom. The van der Waals surface area contributed by atoms with Gasteiger partial charge >= 0.3 is 29.6 Å². The Kier molecular flexibility index (Phi) is 14.0. The van der Waals surface area contributed by atoms with Crippen molar-refractivity contribution in [1.82, 2.24) is 9.88 Å². The number of carboxylic acids is 1. The Labute approximate surface area is 296 Å². The maximum Gasteiger partial charge on any atom is 1.00 e. The molecule has 2 atom stereocenters. The molecule has 4 aromatic rings. The van der Waals surface area contributed by atoms with Crippen molar-refractivity contribution in [3.63, 3.8) is 0 Å². The van der Waals surface area contributed by atoms with Gasteiger partial charge in [0.25, 0.3) is 5.91 Å². The number of carbonyl (C=O) groups is 2. The summed E-state index contributed by atoms with van der Waals surface area (Å²) in [5.41, 5.74) is 4.72. The minimum absolute atomic E-state index is 0. The maximum absolute atomic E-state index is 14.3. The van der Waals surface area contributed by atoms with Gasteiger partial charge in [-0.25, -0.2) is 4.39 Å². The van der Waals surface area contributed by atoms with Crippen molar-refractivity contribution < 1.29 is 68.3 Å². The fourth-order valence-electron chi connectivity index (χ4n) is 5.76. The fraction of sp³-hybridized carbons (Fsp3) is 0.333. The number of carbonyl (C=O) groups excluding carboxylic acids is 2. The van der Waals surface area contributed by atoms with E-state index < -0.39 is 30.4 Å². The van der Waals surface area contributed by atoms with Crippen LogP contribution in [0.5, 0.6) is 11.5 Å². The molecule has 1 heterocycles. The summed E-state index contributed by atoms with van der Waals surface area (Å²) in [5.74, 6) is -0.967. The average Bonchev–Trinajstić information content (AvgIpc) is 3.38. The molecule has 0 aliphatic rings. The van der Waals surface area contributed by atoms with E-state index >= 15 is 0 Å². The SMILES string of the molecule is COc1ccc(CNC(=O)c2c(-c3ccccc3)c(-c3ccc(F)cc3)c(CC[C@@H](O)C[C@@H](O)CC(=O)[O-])n2C(C)C)c(OC)c1.[Na+]. The summed E-state index contributed by atoms with van der Waals surface area (Å²) in [6, 6.07) is 20.6. The van der Waals surface area contributed by atoms with E-state index in [9.17, 15) is 29.3 Å². The number of nitrogens with one attached hydrogen (secondary N) is 1. The van der Waals surface area contributed by atoms with Crippen LogP contribution < -0.4 is 49.5 Å². The number of nitrogens with zero attached hydrogens (tertiary/aromatic N) is 1. The molecule has 0 saturated heterocycles. The maximum atomic E-state index is 14.3. The molecule has 0 radical (unpaired) electrons. The molecule has 0 saturated carbocycles. The Morgan fingerprint density at radius 1 is 0.915 bits per heavy atom. The normalized spacial score (nSPS) is 12.3. The van der Waals surface area contributed by atoms with Gasteiger partial charge in [0, 0.05) is 53.4 Å². The molecular weight excluding hydrogens is 614 g/mol. The second-order valence-corrected chi connectivity index (χ2v) is 11.4. The van der Waals surface area contributed by atoms with E-state index in [1.54, 1.807) is 38.5 Å². The van der Waals surface area contributed by atoms with E-state index in [0.29, 0.717) is 28.3 Å². The standard InChI is InChI=1S/C36H41FN2O7.Na/c1-22(2)39-30(17-15-27(40)18-28(41)19-32(42)43)33(24-10-13-26(37)14-11-24)34(23-8-6-5-7-9-23)35(39)36(44)38-21-25-12-16-29(45-3)20-31(25)46-4;/h5-14,16,20,22,27-28,40-41H,15,17-19,21H2,1-4H3,(H,38,44)(H,42,43);/q;+1/p-1/t27-,28-;/m1./s1. The van der Waals surface area contributed by atoms with E-state index in [1.165, 1.54) is 12.1 Å². The van der Waals surface area contributed by atoms with Gasteiger partial charge in [-0.3, -0.25) is 4.79 Å². The summed E-state index contributed by atoms with van der Waals surface area (Å²) in [5, 5.41) is 34.9. The number of amides is 1. The molecule has 3 N–H and O–H groups in total. The van der Waals surface area contributed by atoms with Gasteiger partial charge in [0.15, 0.2) is 0 Å². The van der Waals surface area contributed by atoms with Gasteiger partial charge in [0.2, 0.25) is 0 Å². The van der Waals surface area contributed by atoms with Gasteiger partial charge in [-0.2, -0.15) is 0 Å². The number of benzene rings is 3. The van der Waals surface area contributed by atoms with E-state index in [0.717, 1.165) is 22.4 Å². The first-order chi connectivity index (χ1) is 22.0. The van der Waals surface area contributed by atoms with Crippen LogP contribution in [0.3, 0.4) is 0 Å². The zero-order chi connectivity index (χ0) is 33.4. The molecule has 1 aromatic heterocycles. The number of hydrogen-bond acceptors (Lipinski definition) is 7. The number of methoxy groups -OCH3 is 2. The number of ether oxygens (including phenoxy) is 2. The van der Waals surface area contributed by atoms with Crippen molar-refractivity contribution >= 4 is 11.9 Å². The molecule has 244 valence electrons. The Hall–Kier alpha value is -3.67. The third-order valence-corrected chi connectivity index (χ3v) is 7.83. The number of hydrogen-bond donors (Lipinski definition) is 3. The molecule has 47 heavy (non-hydrogen) atoms. The molecule has 0 aliphatic carbocycles. The van der Waals surface area contributed by atoms with Crippen molar-refractivity contribution in [2.24, 2.45) is 0 Å². The molecule has 1 amide bonds. The monoisotopic (exact) mass is 654 g/mol. The van der Waals surface area contributed by atoms with Crippen LogP contribution in [0.4, 0.5) is 4.39 Å². The summed E-state index contributed by atoms with van der Waals surface area (Å²) in [6.07, 6.45) is -2.56. The number of aliphatic hydroxyl groups is 2.